The first kappa shape index (κ1) is 17.5. The number of nitrogens with zero attached hydrogens (tertiary/aromatic N) is 2. The van der Waals surface area contributed by atoms with Gasteiger partial charge in [0.1, 0.15) is 17.7 Å². The molecule has 0 saturated carbocycles. The molecule has 1 aromatic heterocycles. The number of hydrogen-bond acceptors (Lipinski definition) is 6. The van der Waals surface area contributed by atoms with E-state index in [1.165, 1.54) is 24.2 Å². The number of carboxylic acid groups (broad SMARTS) is 1. The molecule has 0 radical (unpaired) electrons. The van der Waals surface area contributed by atoms with Crippen molar-refractivity contribution in [3.8, 4) is 6.07 Å². The lowest BCUT2D eigenvalue weighted by atomic mass is 10.2. The van der Waals surface area contributed by atoms with Crippen molar-refractivity contribution in [2.24, 2.45) is 0 Å². The van der Waals surface area contributed by atoms with Gasteiger partial charge in [-0.25, -0.2) is 4.79 Å². The molecule has 0 aliphatic carbocycles. The number of anilines is 1. The van der Waals surface area contributed by atoms with Gasteiger partial charge in [0.05, 0.1) is 11.9 Å². The molecular weight excluding hydrogens is 304 g/mol. The van der Waals surface area contributed by atoms with E-state index in [0.717, 1.165) is 0 Å². The van der Waals surface area contributed by atoms with Crippen LogP contribution in [0.3, 0.4) is 0 Å². The number of carbonyl (C=O) groups excluding carboxylic acids is 1. The molecule has 116 valence electrons. The predicted molar refractivity (Wildman–Crippen MR) is 84.1 cm³/mol. The van der Waals surface area contributed by atoms with Gasteiger partial charge in [-0.3, -0.25) is 9.78 Å². The number of nitriles is 1. The van der Waals surface area contributed by atoms with Crippen LogP contribution in [0.1, 0.15) is 6.42 Å². The van der Waals surface area contributed by atoms with Crippen molar-refractivity contribution in [2.45, 2.75) is 12.5 Å². The first-order valence-electron chi connectivity index (χ1n) is 6.38. The van der Waals surface area contributed by atoms with E-state index in [-0.39, 0.29) is 12.0 Å². The molecule has 1 aromatic rings. The van der Waals surface area contributed by atoms with Gasteiger partial charge in [-0.2, -0.15) is 17.0 Å². The van der Waals surface area contributed by atoms with E-state index in [9.17, 15) is 9.59 Å². The van der Waals surface area contributed by atoms with Gasteiger partial charge in [-0.15, -0.1) is 0 Å². The summed E-state index contributed by atoms with van der Waals surface area (Å²) >= 11 is 1.48. The van der Waals surface area contributed by atoms with Crippen LogP contribution in [0.4, 0.5) is 5.69 Å². The Bertz CT molecular complexity index is 584. The maximum Gasteiger partial charge on any atom is 0.326 e. The molecule has 0 aromatic carbocycles. The second-order valence-electron chi connectivity index (χ2n) is 4.20. The molecule has 0 fully saturated rings. The van der Waals surface area contributed by atoms with Crippen LogP contribution in [0, 0.1) is 11.3 Å². The van der Waals surface area contributed by atoms with Crippen LogP contribution < -0.4 is 10.6 Å². The minimum Gasteiger partial charge on any atom is -0.480 e. The zero-order valence-corrected chi connectivity index (χ0v) is 12.8. The van der Waals surface area contributed by atoms with Crippen LogP contribution in [-0.2, 0) is 9.59 Å². The second-order valence-corrected chi connectivity index (χ2v) is 5.19. The van der Waals surface area contributed by atoms with Crippen LogP contribution in [0.25, 0.3) is 0 Å². The number of thioether (sulfide) groups is 1. The molecule has 1 unspecified atom stereocenters. The standard InChI is InChI=1S/C14H16N4O3S/c1-22-6-4-12(14(20)21)18-13(19)10(7-15)8-17-11-3-2-5-16-9-11/h2-3,5,8-9,12,17H,4,6H2,1H3,(H,18,19)(H,20,21)/b10-8-. The average Bonchev–Trinajstić information content (AvgIpc) is 2.52. The van der Waals surface area contributed by atoms with Gasteiger partial charge in [-0.05, 0) is 30.6 Å². The van der Waals surface area contributed by atoms with Crippen LogP contribution in [0.5, 0.6) is 0 Å². The molecule has 3 N–H and O–H groups in total. The third kappa shape index (κ3) is 5.85. The first-order valence-corrected chi connectivity index (χ1v) is 7.77. The largest absolute Gasteiger partial charge is 0.480 e. The third-order valence-electron chi connectivity index (χ3n) is 2.62. The Kier molecular flexibility index (Phi) is 7.50. The Labute approximate surface area is 132 Å². The fraction of sp³-hybridized carbons (Fsp3) is 0.286. The Balaban J connectivity index is 2.71. The maximum absolute atomic E-state index is 11.9. The summed E-state index contributed by atoms with van der Waals surface area (Å²) in [5.74, 6) is -1.26. The number of aliphatic carboxylic acids is 1. The van der Waals surface area contributed by atoms with Gasteiger partial charge >= 0.3 is 5.97 Å². The Hall–Kier alpha value is -2.53. The van der Waals surface area contributed by atoms with Gasteiger partial charge in [0.2, 0.25) is 0 Å². The van der Waals surface area contributed by atoms with Crippen molar-refractivity contribution < 1.29 is 14.7 Å². The molecule has 1 rings (SSSR count). The average molecular weight is 320 g/mol. The van der Waals surface area contributed by atoms with Gasteiger partial charge in [0, 0.05) is 12.4 Å². The summed E-state index contributed by atoms with van der Waals surface area (Å²) in [7, 11) is 0. The fourth-order valence-electron chi connectivity index (χ4n) is 1.48. The molecule has 7 nitrogen and oxygen atoms in total. The summed E-state index contributed by atoms with van der Waals surface area (Å²) in [6, 6.07) is 4.14. The molecule has 8 heteroatoms. The van der Waals surface area contributed by atoms with Crippen molar-refractivity contribution in [3.05, 3.63) is 36.3 Å². The van der Waals surface area contributed by atoms with Gasteiger partial charge in [0.25, 0.3) is 5.91 Å². The number of nitrogens with one attached hydrogen (secondary N) is 2. The van der Waals surface area contributed by atoms with Crippen molar-refractivity contribution in [1.29, 1.82) is 5.26 Å². The molecule has 1 amide bonds. The Morgan fingerprint density at radius 1 is 1.59 bits per heavy atom. The number of amides is 1. The number of hydrogen-bond donors (Lipinski definition) is 3. The van der Waals surface area contributed by atoms with E-state index in [2.05, 4.69) is 15.6 Å². The van der Waals surface area contributed by atoms with Crippen LogP contribution in [0.2, 0.25) is 0 Å². The normalized spacial score (nSPS) is 12.1. The quantitative estimate of drug-likeness (QED) is 0.487. The number of rotatable bonds is 8. The molecule has 0 aliphatic rings. The van der Waals surface area contributed by atoms with Crippen LogP contribution in [0.15, 0.2) is 36.3 Å². The van der Waals surface area contributed by atoms with Gasteiger partial charge < -0.3 is 15.7 Å². The molecule has 0 saturated heterocycles. The molecule has 22 heavy (non-hydrogen) atoms. The lowest BCUT2D eigenvalue weighted by molar-refractivity contribution is -0.141. The van der Waals surface area contributed by atoms with E-state index in [1.807, 2.05) is 6.26 Å². The van der Waals surface area contributed by atoms with Crippen molar-refractivity contribution in [3.63, 3.8) is 0 Å². The zero-order chi connectivity index (χ0) is 16.4. The van der Waals surface area contributed by atoms with E-state index in [4.69, 9.17) is 10.4 Å². The summed E-state index contributed by atoms with van der Waals surface area (Å²) in [6.45, 7) is 0. The first-order chi connectivity index (χ1) is 10.6. The van der Waals surface area contributed by atoms with Gasteiger partial charge in [-0.1, -0.05) is 0 Å². The Morgan fingerprint density at radius 2 is 2.36 bits per heavy atom. The highest BCUT2D eigenvalue weighted by Crippen LogP contribution is 2.05. The minimum atomic E-state index is -1.13. The second kappa shape index (κ2) is 9.41. The Morgan fingerprint density at radius 3 is 2.91 bits per heavy atom. The minimum absolute atomic E-state index is 0.209. The zero-order valence-electron chi connectivity index (χ0n) is 11.9. The molecule has 1 atom stereocenters. The molecule has 0 spiro atoms. The van der Waals surface area contributed by atoms with Gasteiger partial charge in [0.15, 0.2) is 0 Å². The highest BCUT2D eigenvalue weighted by molar-refractivity contribution is 7.98. The number of pyridine rings is 1. The number of carbonyl (C=O) groups is 2. The SMILES string of the molecule is CSCCC(NC(=O)/C(C#N)=C\Nc1cccnc1)C(=O)O. The molecule has 0 bridgehead atoms. The van der Waals surface area contributed by atoms with E-state index >= 15 is 0 Å². The summed E-state index contributed by atoms with van der Waals surface area (Å²) in [5.41, 5.74) is 0.402. The van der Waals surface area contributed by atoms with Crippen molar-refractivity contribution in [1.82, 2.24) is 10.3 Å². The molecule has 0 aliphatic heterocycles. The smallest absolute Gasteiger partial charge is 0.326 e. The van der Waals surface area contributed by atoms with Crippen molar-refractivity contribution >= 4 is 29.3 Å². The van der Waals surface area contributed by atoms with Crippen LogP contribution in [-0.4, -0.2) is 40.0 Å². The van der Waals surface area contributed by atoms with E-state index < -0.39 is 17.9 Å². The van der Waals surface area contributed by atoms with E-state index in [0.29, 0.717) is 11.4 Å². The van der Waals surface area contributed by atoms with Crippen LogP contribution >= 0.6 is 11.8 Å². The van der Waals surface area contributed by atoms with Crippen molar-refractivity contribution in [2.75, 3.05) is 17.3 Å². The summed E-state index contributed by atoms with van der Waals surface area (Å²) in [4.78, 5) is 26.9. The lowest BCUT2D eigenvalue weighted by Crippen LogP contribution is -2.41. The monoisotopic (exact) mass is 320 g/mol. The summed E-state index contributed by atoms with van der Waals surface area (Å²) in [5, 5.41) is 23.2. The summed E-state index contributed by atoms with van der Waals surface area (Å²) < 4.78 is 0. The topological polar surface area (TPSA) is 115 Å². The predicted octanol–water partition coefficient (Wildman–Crippen LogP) is 1.22. The lowest BCUT2D eigenvalue weighted by Gasteiger charge is -2.13. The fourth-order valence-corrected chi connectivity index (χ4v) is 1.95. The van der Waals surface area contributed by atoms with E-state index in [1.54, 1.807) is 24.4 Å². The third-order valence-corrected chi connectivity index (χ3v) is 3.27. The number of carboxylic acids is 1. The highest BCUT2D eigenvalue weighted by atomic mass is 32.2. The molecule has 1 heterocycles. The number of aromatic nitrogens is 1. The molecular formula is C14H16N4O3S. The summed E-state index contributed by atoms with van der Waals surface area (Å²) in [6.07, 6.45) is 6.48. The maximum atomic E-state index is 11.9. The highest BCUT2D eigenvalue weighted by Gasteiger charge is 2.21.